The Labute approximate surface area is 111 Å². The van der Waals surface area contributed by atoms with Crippen LogP contribution in [0.25, 0.3) is 0 Å². The highest BCUT2D eigenvalue weighted by Crippen LogP contribution is 2.12. The van der Waals surface area contributed by atoms with Crippen molar-refractivity contribution in [1.82, 2.24) is 0 Å². The molecule has 16 heavy (non-hydrogen) atoms. The van der Waals surface area contributed by atoms with Gasteiger partial charge in [0.2, 0.25) is 0 Å². The maximum absolute atomic E-state index is 11.1. The van der Waals surface area contributed by atoms with Crippen LogP contribution in [0.5, 0.6) is 0 Å². The molecule has 1 atom stereocenters. The SMILES string of the molecule is CCCCC(CC)COC(=O)OCC#CI. The van der Waals surface area contributed by atoms with E-state index >= 15 is 0 Å². The van der Waals surface area contributed by atoms with Gasteiger partial charge in [-0.1, -0.05) is 39.0 Å². The molecule has 0 aliphatic carbocycles. The number of hydrogen-bond donors (Lipinski definition) is 0. The molecule has 0 aromatic carbocycles. The number of unbranched alkanes of at least 4 members (excludes halogenated alkanes) is 1. The molecule has 3 nitrogen and oxygen atoms in total. The van der Waals surface area contributed by atoms with Crippen LogP contribution in [0.3, 0.4) is 0 Å². The molecule has 0 aromatic heterocycles. The molecule has 1 unspecified atom stereocenters. The first-order valence-electron chi connectivity index (χ1n) is 5.62. The third-order valence-electron chi connectivity index (χ3n) is 2.31. The molecular weight excluding hydrogens is 319 g/mol. The summed E-state index contributed by atoms with van der Waals surface area (Å²) in [7, 11) is 0. The van der Waals surface area contributed by atoms with Crippen LogP contribution in [0, 0.1) is 15.8 Å². The van der Waals surface area contributed by atoms with Gasteiger partial charge in [-0.2, -0.15) is 0 Å². The number of ether oxygens (including phenoxy) is 2. The Kier molecular flexibility index (Phi) is 10.8. The Morgan fingerprint density at radius 2 is 2.12 bits per heavy atom. The van der Waals surface area contributed by atoms with Crippen LogP contribution in [0.4, 0.5) is 4.79 Å². The third kappa shape index (κ3) is 8.84. The van der Waals surface area contributed by atoms with E-state index in [4.69, 9.17) is 9.47 Å². The second-order valence-corrected chi connectivity index (χ2v) is 4.08. The van der Waals surface area contributed by atoms with E-state index in [2.05, 4.69) is 23.7 Å². The largest absolute Gasteiger partial charge is 0.509 e. The summed E-state index contributed by atoms with van der Waals surface area (Å²) in [5, 5.41) is 0. The van der Waals surface area contributed by atoms with E-state index in [0.29, 0.717) is 12.5 Å². The normalized spacial score (nSPS) is 11.2. The standard InChI is InChI=1S/C12H19IO3/c1-3-5-7-11(4-2)10-16-12(14)15-9-6-8-13/h11H,3-5,7,9-10H2,1-2H3. The zero-order valence-corrected chi connectivity index (χ0v) is 12.1. The lowest BCUT2D eigenvalue weighted by Crippen LogP contribution is -2.15. The molecule has 0 radical (unpaired) electrons. The second kappa shape index (κ2) is 11.1. The first kappa shape index (κ1) is 15.6. The van der Waals surface area contributed by atoms with Gasteiger partial charge in [-0.25, -0.2) is 4.79 Å². The quantitative estimate of drug-likeness (QED) is 0.403. The number of hydrogen-bond acceptors (Lipinski definition) is 3. The molecule has 92 valence electrons. The predicted molar refractivity (Wildman–Crippen MR) is 72.4 cm³/mol. The van der Waals surface area contributed by atoms with Crippen LogP contribution in [-0.4, -0.2) is 19.4 Å². The van der Waals surface area contributed by atoms with Gasteiger partial charge >= 0.3 is 6.16 Å². The van der Waals surface area contributed by atoms with E-state index in [9.17, 15) is 4.79 Å². The highest BCUT2D eigenvalue weighted by molar-refractivity contribution is 14.1. The van der Waals surface area contributed by atoms with Crippen molar-refractivity contribution in [2.24, 2.45) is 5.92 Å². The smallest absolute Gasteiger partial charge is 0.434 e. The Balaban J connectivity index is 3.64. The van der Waals surface area contributed by atoms with Crippen molar-refractivity contribution < 1.29 is 14.3 Å². The summed E-state index contributed by atoms with van der Waals surface area (Å²) < 4.78 is 12.4. The molecule has 0 saturated heterocycles. The van der Waals surface area contributed by atoms with Gasteiger partial charge in [0.15, 0.2) is 6.61 Å². The van der Waals surface area contributed by atoms with Gasteiger partial charge in [-0.05, 0) is 16.3 Å². The summed E-state index contributed by atoms with van der Waals surface area (Å²) in [5.74, 6) is 3.08. The number of halogens is 1. The van der Waals surface area contributed by atoms with Crippen LogP contribution < -0.4 is 0 Å². The molecule has 0 spiro atoms. The van der Waals surface area contributed by atoms with Crippen molar-refractivity contribution in [3.8, 4) is 9.85 Å². The first-order valence-corrected chi connectivity index (χ1v) is 6.70. The van der Waals surface area contributed by atoms with Gasteiger partial charge < -0.3 is 9.47 Å². The average molecular weight is 338 g/mol. The Bertz CT molecular complexity index is 242. The van der Waals surface area contributed by atoms with Crippen LogP contribution in [0.1, 0.15) is 39.5 Å². The summed E-state index contributed by atoms with van der Waals surface area (Å²) in [6.45, 7) is 4.82. The summed E-state index contributed by atoms with van der Waals surface area (Å²) in [5.41, 5.74) is 0. The van der Waals surface area contributed by atoms with E-state index in [0.717, 1.165) is 12.8 Å². The van der Waals surface area contributed by atoms with E-state index in [1.54, 1.807) is 0 Å². The minimum Gasteiger partial charge on any atom is -0.434 e. The van der Waals surface area contributed by atoms with Crippen molar-refractivity contribution in [3.05, 3.63) is 0 Å². The zero-order valence-electron chi connectivity index (χ0n) is 9.92. The molecule has 0 saturated carbocycles. The zero-order chi connectivity index (χ0) is 12.2. The summed E-state index contributed by atoms with van der Waals surface area (Å²) in [4.78, 5) is 11.1. The van der Waals surface area contributed by atoms with Crippen molar-refractivity contribution in [3.63, 3.8) is 0 Å². The van der Waals surface area contributed by atoms with Gasteiger partial charge in [-0.3, -0.25) is 0 Å². The maximum atomic E-state index is 11.1. The number of rotatable bonds is 7. The summed E-state index contributed by atoms with van der Waals surface area (Å²) in [6.07, 6.45) is 3.87. The molecule has 0 fully saturated rings. The Hall–Kier alpha value is -0.440. The molecule has 0 bridgehead atoms. The first-order chi connectivity index (χ1) is 7.74. The fourth-order valence-corrected chi connectivity index (χ4v) is 1.40. The fraction of sp³-hybridized carbons (Fsp3) is 0.750. The van der Waals surface area contributed by atoms with Crippen LogP contribution in [-0.2, 0) is 9.47 Å². The molecule has 0 aliphatic rings. The van der Waals surface area contributed by atoms with E-state index in [1.807, 2.05) is 22.6 Å². The van der Waals surface area contributed by atoms with Crippen molar-refractivity contribution in [2.45, 2.75) is 39.5 Å². The van der Waals surface area contributed by atoms with Crippen LogP contribution in [0.2, 0.25) is 0 Å². The van der Waals surface area contributed by atoms with E-state index < -0.39 is 6.16 Å². The average Bonchev–Trinajstić information content (AvgIpc) is 2.30. The van der Waals surface area contributed by atoms with Crippen molar-refractivity contribution >= 4 is 28.7 Å². The van der Waals surface area contributed by atoms with Crippen molar-refractivity contribution in [2.75, 3.05) is 13.2 Å². The minimum absolute atomic E-state index is 0.105. The number of carbonyl (C=O) groups excluding carboxylic acids is 1. The summed E-state index contributed by atoms with van der Waals surface area (Å²) in [6, 6.07) is 0. The lowest BCUT2D eigenvalue weighted by Gasteiger charge is -2.13. The number of carbonyl (C=O) groups is 1. The topological polar surface area (TPSA) is 35.5 Å². The van der Waals surface area contributed by atoms with E-state index in [1.165, 1.54) is 12.8 Å². The molecule has 0 amide bonds. The predicted octanol–water partition coefficient (Wildman–Crippen LogP) is 3.75. The van der Waals surface area contributed by atoms with E-state index in [-0.39, 0.29) is 6.61 Å². The molecule has 0 N–H and O–H groups in total. The molecule has 0 aliphatic heterocycles. The van der Waals surface area contributed by atoms with Gasteiger partial charge in [0.25, 0.3) is 0 Å². The second-order valence-electron chi connectivity index (χ2n) is 3.54. The highest BCUT2D eigenvalue weighted by atomic mass is 127. The lowest BCUT2D eigenvalue weighted by atomic mass is 10.0. The van der Waals surface area contributed by atoms with Gasteiger partial charge in [-0.15, -0.1) is 0 Å². The van der Waals surface area contributed by atoms with Crippen molar-refractivity contribution in [1.29, 1.82) is 0 Å². The fourth-order valence-electron chi connectivity index (χ4n) is 1.25. The Morgan fingerprint density at radius 3 is 2.69 bits per heavy atom. The third-order valence-corrected chi connectivity index (χ3v) is 2.69. The van der Waals surface area contributed by atoms with Crippen LogP contribution in [0.15, 0.2) is 0 Å². The molecular formula is C12H19IO3. The molecule has 0 heterocycles. The molecule has 4 heteroatoms. The highest BCUT2D eigenvalue weighted by Gasteiger charge is 2.10. The van der Waals surface area contributed by atoms with Gasteiger partial charge in [0.05, 0.1) is 6.61 Å². The lowest BCUT2D eigenvalue weighted by molar-refractivity contribution is 0.0507. The van der Waals surface area contributed by atoms with Gasteiger partial charge in [0, 0.05) is 22.6 Å². The summed E-state index contributed by atoms with van der Waals surface area (Å²) >= 11 is 1.89. The maximum Gasteiger partial charge on any atom is 0.509 e. The minimum atomic E-state index is -0.617. The molecule has 0 rings (SSSR count). The Morgan fingerprint density at radius 1 is 1.38 bits per heavy atom. The molecule has 0 aromatic rings. The van der Waals surface area contributed by atoms with Gasteiger partial charge in [0.1, 0.15) is 0 Å². The van der Waals surface area contributed by atoms with Crippen LogP contribution >= 0.6 is 22.6 Å². The monoisotopic (exact) mass is 338 g/mol.